The maximum atomic E-state index is 12.1. The summed E-state index contributed by atoms with van der Waals surface area (Å²) in [5.74, 6) is -3.38. The van der Waals surface area contributed by atoms with Gasteiger partial charge in [0.15, 0.2) is 5.92 Å². The lowest BCUT2D eigenvalue weighted by molar-refractivity contribution is -0.310. The zero-order valence-electron chi connectivity index (χ0n) is 7.63. The molecule has 0 aromatic carbocycles. The molecule has 0 aromatic rings. The maximum absolute atomic E-state index is 12.1. The van der Waals surface area contributed by atoms with E-state index in [9.17, 15) is 26.3 Å². The van der Waals surface area contributed by atoms with Crippen LogP contribution in [0.4, 0.5) is 26.3 Å². The summed E-state index contributed by atoms with van der Waals surface area (Å²) in [4.78, 5) is 0. The Labute approximate surface area is 77.3 Å². The largest absolute Gasteiger partial charge is 0.401 e. The number of alkyl halides is 6. The summed E-state index contributed by atoms with van der Waals surface area (Å²) in [5, 5.41) is 0. The van der Waals surface area contributed by atoms with E-state index >= 15 is 0 Å². The Kier molecular flexibility index (Phi) is 3.48. The maximum Gasteiger partial charge on any atom is 0.401 e. The molecule has 0 aliphatic carbocycles. The summed E-state index contributed by atoms with van der Waals surface area (Å²) in [6.07, 6.45) is -10.6. The van der Waals surface area contributed by atoms with E-state index in [1.807, 2.05) is 0 Å². The molecule has 0 heterocycles. The van der Waals surface area contributed by atoms with Gasteiger partial charge in [-0.15, -0.1) is 0 Å². The topological polar surface area (TPSA) is 26.0 Å². The average molecular weight is 223 g/mol. The predicted molar refractivity (Wildman–Crippen MR) is 38.4 cm³/mol. The normalized spacial score (nSPS) is 15.0. The van der Waals surface area contributed by atoms with E-state index in [2.05, 4.69) is 0 Å². The van der Waals surface area contributed by atoms with E-state index in [0.717, 1.165) is 13.8 Å². The minimum absolute atomic E-state index is 0.684. The van der Waals surface area contributed by atoms with Crippen LogP contribution in [0.1, 0.15) is 13.8 Å². The Balaban J connectivity index is 5.14. The Bertz CT molecular complexity index is 177. The van der Waals surface area contributed by atoms with Gasteiger partial charge in [0.1, 0.15) is 0 Å². The molecule has 0 fully saturated rings. The number of hydrogen-bond donors (Lipinski definition) is 1. The van der Waals surface area contributed by atoms with Crippen LogP contribution in [0.3, 0.4) is 0 Å². The number of halogens is 6. The zero-order chi connectivity index (χ0) is 11.8. The molecule has 0 aliphatic rings. The van der Waals surface area contributed by atoms with Gasteiger partial charge in [0, 0.05) is 0 Å². The molecule has 0 atom stereocenters. The van der Waals surface area contributed by atoms with Gasteiger partial charge in [0.05, 0.1) is 0 Å². The second-order valence-electron chi connectivity index (χ2n) is 3.71. The zero-order valence-corrected chi connectivity index (χ0v) is 7.63. The average Bonchev–Trinajstić information content (AvgIpc) is 1.79. The molecule has 0 saturated carbocycles. The van der Waals surface area contributed by atoms with E-state index in [4.69, 9.17) is 5.73 Å². The molecule has 14 heavy (non-hydrogen) atoms. The molecule has 0 bridgehead atoms. The van der Waals surface area contributed by atoms with Crippen molar-refractivity contribution in [3.63, 3.8) is 0 Å². The summed E-state index contributed by atoms with van der Waals surface area (Å²) in [7, 11) is 0. The third-order valence-electron chi connectivity index (χ3n) is 1.96. The van der Waals surface area contributed by atoms with Gasteiger partial charge in [-0.1, -0.05) is 13.8 Å². The van der Waals surface area contributed by atoms with E-state index in [0.29, 0.717) is 0 Å². The van der Waals surface area contributed by atoms with Gasteiger partial charge in [-0.25, -0.2) is 0 Å². The van der Waals surface area contributed by atoms with Crippen LogP contribution in [0, 0.1) is 11.3 Å². The summed E-state index contributed by atoms with van der Waals surface area (Å²) in [6, 6.07) is 0. The molecule has 0 unspecified atom stereocenters. The highest BCUT2D eigenvalue weighted by Gasteiger charge is 2.62. The van der Waals surface area contributed by atoms with Crippen LogP contribution >= 0.6 is 0 Å². The molecule has 7 heteroatoms. The lowest BCUT2D eigenvalue weighted by Crippen LogP contribution is -2.49. The van der Waals surface area contributed by atoms with Crippen LogP contribution in [0.15, 0.2) is 0 Å². The van der Waals surface area contributed by atoms with Gasteiger partial charge < -0.3 is 5.73 Å². The molecule has 86 valence electrons. The summed E-state index contributed by atoms with van der Waals surface area (Å²) in [5.41, 5.74) is 2.86. The number of nitrogens with two attached hydrogens (primary N) is 1. The lowest BCUT2D eigenvalue weighted by atomic mass is 9.78. The summed E-state index contributed by atoms with van der Waals surface area (Å²) < 4.78 is 72.7. The molecule has 1 nitrogen and oxygen atoms in total. The van der Waals surface area contributed by atoms with Crippen LogP contribution in [0.2, 0.25) is 0 Å². The van der Waals surface area contributed by atoms with Gasteiger partial charge in [-0.05, 0) is 12.0 Å². The van der Waals surface area contributed by atoms with Gasteiger partial charge in [-0.3, -0.25) is 0 Å². The molecular weight excluding hydrogens is 212 g/mol. The van der Waals surface area contributed by atoms with Gasteiger partial charge in [0.25, 0.3) is 0 Å². The molecule has 2 N–H and O–H groups in total. The third-order valence-corrected chi connectivity index (χ3v) is 1.96. The van der Waals surface area contributed by atoms with E-state index < -0.39 is 30.2 Å². The first kappa shape index (κ1) is 13.5. The molecule has 0 aliphatic heterocycles. The molecule has 0 rings (SSSR count). The minimum Gasteiger partial charge on any atom is -0.330 e. The monoisotopic (exact) mass is 223 g/mol. The van der Waals surface area contributed by atoms with Crippen molar-refractivity contribution in [1.82, 2.24) is 0 Å². The second kappa shape index (κ2) is 3.60. The summed E-state index contributed by atoms with van der Waals surface area (Å²) >= 11 is 0. The first-order valence-electron chi connectivity index (χ1n) is 3.76. The summed E-state index contributed by atoms with van der Waals surface area (Å²) in [6.45, 7) is 1.01. The van der Waals surface area contributed by atoms with Gasteiger partial charge >= 0.3 is 12.4 Å². The van der Waals surface area contributed by atoms with Crippen molar-refractivity contribution in [2.75, 3.05) is 6.54 Å². The van der Waals surface area contributed by atoms with Crippen molar-refractivity contribution in [2.45, 2.75) is 26.2 Å². The van der Waals surface area contributed by atoms with Crippen LogP contribution in [0.25, 0.3) is 0 Å². The fourth-order valence-electron chi connectivity index (χ4n) is 1.19. The number of rotatable bonds is 2. The molecule has 0 saturated heterocycles. The lowest BCUT2D eigenvalue weighted by Gasteiger charge is -2.35. The van der Waals surface area contributed by atoms with Crippen molar-refractivity contribution >= 4 is 0 Å². The van der Waals surface area contributed by atoms with Crippen molar-refractivity contribution in [3.8, 4) is 0 Å². The standard InChI is InChI=1S/C7H11F6N/c1-5(2,3-14)4(6(8,9)10)7(11,12)13/h4H,3,14H2,1-2H3. The SMILES string of the molecule is CC(C)(CN)C(C(F)(F)F)C(F)(F)F. The van der Waals surface area contributed by atoms with E-state index in [1.165, 1.54) is 0 Å². The van der Waals surface area contributed by atoms with Crippen molar-refractivity contribution in [1.29, 1.82) is 0 Å². The molecule has 0 aromatic heterocycles. The van der Waals surface area contributed by atoms with Gasteiger partial charge in [-0.2, -0.15) is 26.3 Å². The predicted octanol–water partition coefficient (Wildman–Crippen LogP) is 2.71. The minimum atomic E-state index is -5.32. The fraction of sp³-hybridized carbons (Fsp3) is 1.00. The van der Waals surface area contributed by atoms with Crippen molar-refractivity contribution in [3.05, 3.63) is 0 Å². The van der Waals surface area contributed by atoms with Crippen LogP contribution in [-0.4, -0.2) is 18.9 Å². The first-order valence-corrected chi connectivity index (χ1v) is 3.76. The Morgan fingerprint density at radius 2 is 1.21 bits per heavy atom. The second-order valence-corrected chi connectivity index (χ2v) is 3.71. The highest BCUT2D eigenvalue weighted by Crippen LogP contribution is 2.48. The van der Waals surface area contributed by atoms with Crippen molar-refractivity contribution in [2.24, 2.45) is 17.1 Å². The quantitative estimate of drug-likeness (QED) is 0.715. The molecule has 0 radical (unpaired) electrons. The Morgan fingerprint density at radius 1 is 0.929 bits per heavy atom. The van der Waals surface area contributed by atoms with Crippen LogP contribution in [0.5, 0.6) is 0 Å². The third kappa shape index (κ3) is 3.04. The Morgan fingerprint density at radius 3 is 1.29 bits per heavy atom. The van der Waals surface area contributed by atoms with Crippen LogP contribution < -0.4 is 5.73 Å². The molecule has 0 amide bonds. The van der Waals surface area contributed by atoms with E-state index in [1.54, 1.807) is 0 Å². The van der Waals surface area contributed by atoms with E-state index in [-0.39, 0.29) is 0 Å². The smallest absolute Gasteiger partial charge is 0.330 e. The number of hydrogen-bond acceptors (Lipinski definition) is 1. The van der Waals surface area contributed by atoms with Crippen LogP contribution in [-0.2, 0) is 0 Å². The Hall–Kier alpha value is -0.460. The fourth-order valence-corrected chi connectivity index (χ4v) is 1.19. The molecule has 0 spiro atoms. The highest BCUT2D eigenvalue weighted by molar-refractivity contribution is 4.89. The molecular formula is C7H11F6N. The first-order chi connectivity index (χ1) is 5.93. The van der Waals surface area contributed by atoms with Gasteiger partial charge in [0.2, 0.25) is 0 Å². The highest BCUT2D eigenvalue weighted by atomic mass is 19.4. The van der Waals surface area contributed by atoms with Crippen molar-refractivity contribution < 1.29 is 26.3 Å².